The van der Waals surface area contributed by atoms with Gasteiger partial charge in [-0.25, -0.2) is 9.37 Å². The Labute approximate surface area is 148 Å². The van der Waals surface area contributed by atoms with Crippen molar-refractivity contribution >= 4 is 17.2 Å². The van der Waals surface area contributed by atoms with Gasteiger partial charge in [-0.05, 0) is 29.8 Å². The Kier molecular flexibility index (Phi) is 4.18. The van der Waals surface area contributed by atoms with E-state index in [1.165, 1.54) is 12.1 Å². The molecule has 0 aliphatic carbocycles. The van der Waals surface area contributed by atoms with Crippen molar-refractivity contribution in [2.75, 3.05) is 5.32 Å². The number of pyridine rings is 1. The van der Waals surface area contributed by atoms with Crippen molar-refractivity contribution in [3.63, 3.8) is 0 Å². The smallest absolute Gasteiger partial charge is 0.228 e. The minimum atomic E-state index is -0.317. The predicted octanol–water partition coefficient (Wildman–Crippen LogP) is 2.90. The first kappa shape index (κ1) is 16.0. The van der Waals surface area contributed by atoms with E-state index in [4.69, 9.17) is 0 Å². The summed E-state index contributed by atoms with van der Waals surface area (Å²) in [4.78, 5) is 16.6. The fraction of sp³-hybridized carbons (Fsp3) is 0.105. The second-order valence-corrected chi connectivity index (χ2v) is 5.98. The molecule has 130 valence electrons. The molecule has 6 nitrogen and oxygen atoms in total. The fourth-order valence-electron chi connectivity index (χ4n) is 2.74. The second kappa shape index (κ2) is 6.79. The molecule has 4 aromatic rings. The minimum Gasteiger partial charge on any atom is -0.323 e. The highest BCUT2D eigenvalue weighted by Crippen LogP contribution is 2.10. The Morgan fingerprint density at radius 1 is 1.12 bits per heavy atom. The van der Waals surface area contributed by atoms with Gasteiger partial charge in [0, 0.05) is 18.6 Å². The van der Waals surface area contributed by atoms with Gasteiger partial charge in [-0.3, -0.25) is 9.48 Å². The number of carbonyl (C=O) groups is 1. The van der Waals surface area contributed by atoms with E-state index < -0.39 is 0 Å². The first-order chi connectivity index (χ1) is 12.7. The summed E-state index contributed by atoms with van der Waals surface area (Å²) in [6.07, 6.45) is 7.42. The van der Waals surface area contributed by atoms with Crippen LogP contribution in [0.15, 0.2) is 67.3 Å². The van der Waals surface area contributed by atoms with Crippen LogP contribution in [0.4, 0.5) is 10.1 Å². The molecule has 1 N–H and O–H groups in total. The Bertz CT molecular complexity index is 1020. The SMILES string of the molecule is O=C(Cc1ccc(F)cc1)Nc1cnn(Cc2cn3ccccc3n2)c1. The van der Waals surface area contributed by atoms with Crippen LogP contribution in [0, 0.1) is 5.82 Å². The lowest BCUT2D eigenvalue weighted by Gasteiger charge is -2.02. The molecular formula is C19H16FN5O. The number of aromatic nitrogens is 4. The van der Waals surface area contributed by atoms with E-state index in [-0.39, 0.29) is 18.1 Å². The first-order valence-electron chi connectivity index (χ1n) is 8.15. The predicted molar refractivity (Wildman–Crippen MR) is 95.3 cm³/mol. The number of nitrogens with one attached hydrogen (secondary N) is 1. The fourth-order valence-corrected chi connectivity index (χ4v) is 2.74. The van der Waals surface area contributed by atoms with Gasteiger partial charge in [-0.1, -0.05) is 18.2 Å². The topological polar surface area (TPSA) is 64.2 Å². The van der Waals surface area contributed by atoms with Gasteiger partial charge in [0.2, 0.25) is 5.91 Å². The number of amides is 1. The zero-order chi connectivity index (χ0) is 17.9. The van der Waals surface area contributed by atoms with Gasteiger partial charge in [0.15, 0.2) is 0 Å². The number of hydrogen-bond acceptors (Lipinski definition) is 3. The van der Waals surface area contributed by atoms with Gasteiger partial charge in [-0.15, -0.1) is 0 Å². The molecule has 4 rings (SSSR count). The molecule has 0 bridgehead atoms. The molecule has 0 aliphatic heterocycles. The van der Waals surface area contributed by atoms with E-state index >= 15 is 0 Å². The lowest BCUT2D eigenvalue weighted by atomic mass is 10.1. The van der Waals surface area contributed by atoms with Gasteiger partial charge in [0.25, 0.3) is 0 Å². The Morgan fingerprint density at radius 3 is 2.77 bits per heavy atom. The normalized spacial score (nSPS) is 11.0. The molecular weight excluding hydrogens is 333 g/mol. The van der Waals surface area contributed by atoms with E-state index in [1.54, 1.807) is 29.2 Å². The molecule has 3 aromatic heterocycles. The van der Waals surface area contributed by atoms with Crippen LogP contribution in [0.2, 0.25) is 0 Å². The monoisotopic (exact) mass is 349 g/mol. The molecule has 0 saturated heterocycles. The molecule has 3 heterocycles. The van der Waals surface area contributed by atoms with Crippen LogP contribution in [-0.2, 0) is 17.8 Å². The van der Waals surface area contributed by atoms with E-state index in [0.29, 0.717) is 12.2 Å². The van der Waals surface area contributed by atoms with Crippen LogP contribution in [-0.4, -0.2) is 25.1 Å². The summed E-state index contributed by atoms with van der Waals surface area (Å²) in [5, 5.41) is 7.05. The number of halogens is 1. The van der Waals surface area contributed by atoms with Gasteiger partial charge >= 0.3 is 0 Å². The maximum Gasteiger partial charge on any atom is 0.228 e. The maximum absolute atomic E-state index is 12.9. The molecule has 0 radical (unpaired) electrons. The zero-order valence-electron chi connectivity index (χ0n) is 13.8. The summed E-state index contributed by atoms with van der Waals surface area (Å²) >= 11 is 0. The summed E-state index contributed by atoms with van der Waals surface area (Å²) in [5.74, 6) is -0.494. The molecule has 0 fully saturated rings. The molecule has 0 atom stereocenters. The summed E-state index contributed by atoms with van der Waals surface area (Å²) < 4.78 is 16.6. The number of imidazole rings is 1. The zero-order valence-corrected chi connectivity index (χ0v) is 13.8. The highest BCUT2D eigenvalue weighted by atomic mass is 19.1. The number of rotatable bonds is 5. The van der Waals surface area contributed by atoms with Crippen molar-refractivity contribution in [2.45, 2.75) is 13.0 Å². The van der Waals surface area contributed by atoms with E-state index in [0.717, 1.165) is 16.9 Å². The molecule has 26 heavy (non-hydrogen) atoms. The average Bonchev–Trinajstić information content (AvgIpc) is 3.23. The van der Waals surface area contributed by atoms with Crippen LogP contribution in [0.3, 0.4) is 0 Å². The quantitative estimate of drug-likeness (QED) is 0.603. The van der Waals surface area contributed by atoms with Crippen molar-refractivity contribution in [3.05, 3.63) is 84.3 Å². The van der Waals surface area contributed by atoms with Crippen molar-refractivity contribution in [1.82, 2.24) is 19.2 Å². The molecule has 0 saturated carbocycles. The number of nitrogens with zero attached hydrogens (tertiary/aromatic N) is 4. The number of carbonyl (C=O) groups excluding carboxylic acids is 1. The highest BCUT2D eigenvalue weighted by molar-refractivity contribution is 5.91. The first-order valence-corrected chi connectivity index (χ1v) is 8.15. The number of fused-ring (bicyclic) bond motifs is 1. The Morgan fingerprint density at radius 2 is 1.96 bits per heavy atom. The van der Waals surface area contributed by atoms with Crippen LogP contribution >= 0.6 is 0 Å². The lowest BCUT2D eigenvalue weighted by molar-refractivity contribution is -0.115. The minimum absolute atomic E-state index is 0.177. The number of benzene rings is 1. The summed E-state index contributed by atoms with van der Waals surface area (Å²) in [5.41, 5.74) is 3.12. The number of hydrogen-bond donors (Lipinski definition) is 1. The summed E-state index contributed by atoms with van der Waals surface area (Å²) in [7, 11) is 0. The molecule has 0 spiro atoms. The lowest BCUT2D eigenvalue weighted by Crippen LogP contribution is -2.14. The van der Waals surface area contributed by atoms with Gasteiger partial charge < -0.3 is 9.72 Å². The molecule has 1 amide bonds. The van der Waals surface area contributed by atoms with Crippen molar-refractivity contribution in [2.24, 2.45) is 0 Å². The van der Waals surface area contributed by atoms with E-state index in [1.807, 2.05) is 35.0 Å². The van der Waals surface area contributed by atoms with Gasteiger partial charge in [0.05, 0.1) is 30.5 Å². The molecule has 0 aliphatic rings. The third-order valence-electron chi connectivity index (χ3n) is 3.93. The third kappa shape index (κ3) is 3.61. The van der Waals surface area contributed by atoms with E-state index in [2.05, 4.69) is 15.4 Å². The summed E-state index contributed by atoms with van der Waals surface area (Å²) in [6.45, 7) is 0.509. The Balaban J connectivity index is 1.39. The second-order valence-electron chi connectivity index (χ2n) is 5.98. The van der Waals surface area contributed by atoms with Crippen molar-refractivity contribution in [1.29, 1.82) is 0 Å². The largest absolute Gasteiger partial charge is 0.323 e. The van der Waals surface area contributed by atoms with Gasteiger partial charge in [0.1, 0.15) is 11.5 Å². The third-order valence-corrected chi connectivity index (χ3v) is 3.93. The van der Waals surface area contributed by atoms with Crippen molar-refractivity contribution in [3.8, 4) is 0 Å². The standard InChI is InChI=1S/C19H16FN5O/c20-15-6-4-14(5-7-15)9-19(26)23-16-10-21-25(12-16)13-17-11-24-8-2-1-3-18(24)22-17/h1-8,10-12H,9,13H2,(H,23,26). The maximum atomic E-state index is 12.9. The van der Waals surface area contributed by atoms with E-state index in [9.17, 15) is 9.18 Å². The highest BCUT2D eigenvalue weighted by Gasteiger charge is 2.08. The van der Waals surface area contributed by atoms with Crippen LogP contribution in [0.1, 0.15) is 11.3 Å². The molecule has 1 aromatic carbocycles. The Hall–Kier alpha value is -3.48. The van der Waals surface area contributed by atoms with Crippen molar-refractivity contribution < 1.29 is 9.18 Å². The van der Waals surface area contributed by atoms with Gasteiger partial charge in [-0.2, -0.15) is 5.10 Å². The number of anilines is 1. The van der Waals surface area contributed by atoms with Crippen LogP contribution in [0.5, 0.6) is 0 Å². The van der Waals surface area contributed by atoms with Crippen LogP contribution in [0.25, 0.3) is 5.65 Å². The summed E-state index contributed by atoms with van der Waals surface area (Å²) in [6, 6.07) is 11.7. The average molecular weight is 349 g/mol. The molecule has 7 heteroatoms. The van der Waals surface area contributed by atoms with Crippen LogP contribution < -0.4 is 5.32 Å². The molecule has 0 unspecified atom stereocenters.